The molecule has 92 valence electrons. The van der Waals surface area contributed by atoms with Crippen LogP contribution in [0.4, 0.5) is 5.82 Å². The van der Waals surface area contributed by atoms with Crippen molar-refractivity contribution < 1.29 is 0 Å². The van der Waals surface area contributed by atoms with Gasteiger partial charge in [0.25, 0.3) is 0 Å². The Hall–Kier alpha value is -1.67. The summed E-state index contributed by atoms with van der Waals surface area (Å²) in [6, 6.07) is 5.52. The zero-order chi connectivity index (χ0) is 12.5. The predicted molar refractivity (Wildman–Crippen MR) is 73.0 cm³/mol. The fourth-order valence-corrected chi connectivity index (χ4v) is 2.95. The monoisotopic (exact) mass is 325 g/mol. The number of hydrogen-bond acceptors (Lipinski definition) is 5. The molecule has 0 atom stereocenters. The van der Waals surface area contributed by atoms with Crippen LogP contribution in [-0.4, -0.2) is 19.8 Å². The Morgan fingerprint density at radius 3 is 3.11 bits per heavy atom. The lowest BCUT2D eigenvalue weighted by Crippen LogP contribution is -2.13. The van der Waals surface area contributed by atoms with Gasteiger partial charge in [0.15, 0.2) is 5.65 Å². The molecule has 0 bridgehead atoms. The first kappa shape index (κ1) is 11.4. The summed E-state index contributed by atoms with van der Waals surface area (Å²) in [7, 11) is 0. The summed E-state index contributed by atoms with van der Waals surface area (Å²) >= 11 is 5.12. The number of nitrogens with zero attached hydrogens (tertiary/aromatic N) is 3. The minimum atomic E-state index is -0.342. The van der Waals surface area contributed by atoms with Crippen molar-refractivity contribution in [1.29, 1.82) is 0 Å². The molecule has 2 N–H and O–H groups in total. The second kappa shape index (κ2) is 4.54. The molecule has 0 aliphatic carbocycles. The molecular weight excluding hydrogens is 318 g/mol. The van der Waals surface area contributed by atoms with E-state index in [1.807, 2.05) is 11.4 Å². The van der Waals surface area contributed by atoms with Gasteiger partial charge in [0.05, 0.1) is 6.54 Å². The van der Waals surface area contributed by atoms with E-state index < -0.39 is 0 Å². The molecular formula is C10H8BrN5OS. The van der Waals surface area contributed by atoms with Crippen molar-refractivity contribution >= 4 is 38.7 Å². The zero-order valence-electron chi connectivity index (χ0n) is 9.05. The molecule has 3 heterocycles. The molecule has 0 aliphatic heterocycles. The number of anilines is 1. The van der Waals surface area contributed by atoms with Crippen molar-refractivity contribution in [3.63, 3.8) is 0 Å². The molecule has 3 rings (SSSR count). The van der Waals surface area contributed by atoms with Gasteiger partial charge in [-0.05, 0) is 39.5 Å². The molecule has 18 heavy (non-hydrogen) atoms. The fourth-order valence-electron chi connectivity index (χ4n) is 1.52. The number of fused-ring (bicyclic) bond motifs is 1. The highest BCUT2D eigenvalue weighted by molar-refractivity contribution is 9.10. The van der Waals surface area contributed by atoms with Gasteiger partial charge in [0, 0.05) is 9.35 Å². The first-order valence-corrected chi connectivity index (χ1v) is 6.81. The minimum absolute atomic E-state index is 0.342. The van der Waals surface area contributed by atoms with E-state index in [4.69, 9.17) is 0 Å². The van der Waals surface area contributed by atoms with Gasteiger partial charge in [0.1, 0.15) is 5.82 Å². The van der Waals surface area contributed by atoms with Gasteiger partial charge >= 0.3 is 5.69 Å². The Kier molecular flexibility index (Phi) is 2.88. The Morgan fingerprint density at radius 2 is 2.33 bits per heavy atom. The van der Waals surface area contributed by atoms with Gasteiger partial charge in [-0.2, -0.15) is 9.61 Å². The first-order chi connectivity index (χ1) is 8.74. The maximum atomic E-state index is 11.4. The number of nitrogens with one attached hydrogen (secondary N) is 2. The highest BCUT2D eigenvalue weighted by atomic mass is 79.9. The Labute approximate surface area is 114 Å². The average Bonchev–Trinajstić information content (AvgIpc) is 2.94. The van der Waals surface area contributed by atoms with Crippen molar-refractivity contribution in [1.82, 2.24) is 19.8 Å². The summed E-state index contributed by atoms with van der Waals surface area (Å²) in [5, 5.41) is 15.5. The summed E-state index contributed by atoms with van der Waals surface area (Å²) in [6.07, 6.45) is 0. The minimum Gasteiger partial charge on any atom is -0.364 e. The first-order valence-electron chi connectivity index (χ1n) is 5.14. The van der Waals surface area contributed by atoms with Gasteiger partial charge in [-0.15, -0.1) is 16.4 Å². The Bertz CT molecular complexity index is 746. The predicted octanol–water partition coefficient (Wildman–Crippen LogP) is 1.85. The third-order valence-corrected chi connectivity index (χ3v) is 4.32. The van der Waals surface area contributed by atoms with Crippen molar-refractivity contribution in [2.75, 3.05) is 5.32 Å². The number of aromatic amines is 1. The summed E-state index contributed by atoms with van der Waals surface area (Å²) in [6.45, 7) is 0.656. The van der Waals surface area contributed by atoms with Crippen LogP contribution in [0.3, 0.4) is 0 Å². The van der Waals surface area contributed by atoms with Crippen LogP contribution in [0.5, 0.6) is 0 Å². The van der Waals surface area contributed by atoms with Crippen LogP contribution in [-0.2, 0) is 6.54 Å². The van der Waals surface area contributed by atoms with E-state index in [1.54, 1.807) is 23.5 Å². The molecule has 0 spiro atoms. The van der Waals surface area contributed by atoms with Crippen molar-refractivity contribution in [2.24, 2.45) is 0 Å². The summed E-state index contributed by atoms with van der Waals surface area (Å²) in [5.41, 5.74) is 0.161. The van der Waals surface area contributed by atoms with Crippen LogP contribution >= 0.6 is 27.3 Å². The molecule has 0 amide bonds. The Morgan fingerprint density at radius 1 is 1.44 bits per heavy atom. The largest absolute Gasteiger partial charge is 0.364 e. The number of hydrogen-bond donors (Lipinski definition) is 2. The topological polar surface area (TPSA) is 75.1 Å². The lowest BCUT2D eigenvalue weighted by molar-refractivity contribution is 0.876. The number of rotatable bonds is 3. The average molecular weight is 326 g/mol. The standard InChI is InChI=1S/C10H8BrN5OS/c11-6-3-4-18-7(6)5-12-8-1-2-9-13-14-10(17)16(9)15-8/h1-4H,5H2,(H,12,15)(H,14,17). The maximum absolute atomic E-state index is 11.4. The normalized spacial score (nSPS) is 10.9. The van der Waals surface area contributed by atoms with Gasteiger partial charge in [-0.1, -0.05) is 0 Å². The molecule has 0 unspecified atom stereocenters. The lowest BCUT2D eigenvalue weighted by Gasteiger charge is -2.04. The molecule has 3 aromatic rings. The summed E-state index contributed by atoms with van der Waals surface area (Å²) < 4.78 is 2.30. The van der Waals surface area contributed by atoms with E-state index in [2.05, 4.69) is 36.5 Å². The number of aromatic nitrogens is 4. The van der Waals surface area contributed by atoms with Crippen LogP contribution in [0.15, 0.2) is 32.8 Å². The van der Waals surface area contributed by atoms with E-state index in [0.717, 1.165) is 4.47 Å². The van der Waals surface area contributed by atoms with Crippen molar-refractivity contribution in [2.45, 2.75) is 6.54 Å². The maximum Gasteiger partial charge on any atom is 0.364 e. The van der Waals surface area contributed by atoms with Crippen LogP contribution in [0.1, 0.15) is 4.88 Å². The van der Waals surface area contributed by atoms with E-state index in [1.165, 1.54) is 9.39 Å². The molecule has 8 heteroatoms. The van der Waals surface area contributed by atoms with E-state index in [0.29, 0.717) is 18.0 Å². The van der Waals surface area contributed by atoms with Crippen LogP contribution in [0.25, 0.3) is 5.65 Å². The van der Waals surface area contributed by atoms with Crippen LogP contribution in [0.2, 0.25) is 0 Å². The number of H-pyrrole nitrogens is 1. The second-order valence-corrected chi connectivity index (χ2v) is 5.42. The molecule has 0 radical (unpaired) electrons. The lowest BCUT2D eigenvalue weighted by atomic mass is 10.4. The quantitative estimate of drug-likeness (QED) is 0.770. The highest BCUT2D eigenvalue weighted by Gasteiger charge is 2.04. The van der Waals surface area contributed by atoms with Crippen LogP contribution < -0.4 is 11.0 Å². The molecule has 0 aromatic carbocycles. The summed E-state index contributed by atoms with van der Waals surface area (Å²) in [4.78, 5) is 12.5. The SMILES string of the molecule is O=c1[nH]nc2ccc(NCc3sccc3Br)nn12. The van der Waals surface area contributed by atoms with Gasteiger partial charge in [0.2, 0.25) is 0 Å². The molecule has 0 saturated heterocycles. The molecule has 0 fully saturated rings. The number of halogens is 1. The van der Waals surface area contributed by atoms with Crippen molar-refractivity contribution in [3.8, 4) is 0 Å². The van der Waals surface area contributed by atoms with Gasteiger partial charge in [-0.25, -0.2) is 9.89 Å². The van der Waals surface area contributed by atoms with E-state index in [9.17, 15) is 4.79 Å². The molecule has 3 aromatic heterocycles. The Balaban J connectivity index is 1.84. The number of thiophene rings is 1. The molecule has 6 nitrogen and oxygen atoms in total. The zero-order valence-corrected chi connectivity index (χ0v) is 11.5. The molecule has 0 aliphatic rings. The molecule has 0 saturated carbocycles. The van der Waals surface area contributed by atoms with E-state index >= 15 is 0 Å². The second-order valence-electron chi connectivity index (χ2n) is 3.56. The summed E-state index contributed by atoms with van der Waals surface area (Å²) in [5.74, 6) is 0.631. The van der Waals surface area contributed by atoms with E-state index in [-0.39, 0.29) is 5.69 Å². The van der Waals surface area contributed by atoms with Gasteiger partial charge in [-0.3, -0.25) is 0 Å². The fraction of sp³-hybridized carbons (Fsp3) is 0.100. The highest BCUT2D eigenvalue weighted by Crippen LogP contribution is 2.23. The third kappa shape index (κ3) is 2.04. The van der Waals surface area contributed by atoms with Crippen molar-refractivity contribution in [3.05, 3.63) is 43.4 Å². The smallest absolute Gasteiger partial charge is 0.364 e. The van der Waals surface area contributed by atoms with Crippen LogP contribution in [0, 0.1) is 0 Å². The van der Waals surface area contributed by atoms with Gasteiger partial charge < -0.3 is 5.32 Å². The third-order valence-electron chi connectivity index (χ3n) is 2.39.